The molecule has 0 spiro atoms. The molecule has 0 N–H and O–H groups in total. The lowest BCUT2D eigenvalue weighted by molar-refractivity contribution is -0.129. The minimum Gasteiger partial charge on any atom is -0.457 e. The van der Waals surface area contributed by atoms with Gasteiger partial charge >= 0.3 is 11.9 Å². The molecular weight excluding hydrogens is 380 g/mol. The largest absolute Gasteiger partial charge is 0.457 e. The summed E-state index contributed by atoms with van der Waals surface area (Å²) in [6, 6.07) is 16.3. The van der Waals surface area contributed by atoms with Gasteiger partial charge in [-0.05, 0) is 66.6 Å². The SMILES string of the molecule is C=CC(=O)Oc1ccc(C=Cc2ccc(-c3ccc(OC(=O)C=C)c(C)c3)o2)cc1. The molecule has 0 aliphatic carbocycles. The molecule has 0 aliphatic rings. The maximum Gasteiger partial charge on any atom is 0.335 e. The van der Waals surface area contributed by atoms with Crippen LogP contribution in [0.4, 0.5) is 0 Å². The van der Waals surface area contributed by atoms with Gasteiger partial charge in [-0.2, -0.15) is 0 Å². The number of carbonyl (C=O) groups excluding carboxylic acids is 2. The molecule has 0 unspecified atom stereocenters. The van der Waals surface area contributed by atoms with Crippen molar-refractivity contribution in [1.82, 2.24) is 0 Å². The van der Waals surface area contributed by atoms with Crippen LogP contribution in [0.5, 0.6) is 11.5 Å². The summed E-state index contributed by atoms with van der Waals surface area (Å²) in [7, 11) is 0. The standard InChI is InChI=1S/C25H20O5/c1-4-24(26)29-21-11-7-18(8-12-21)6-10-20-13-15-23(28-20)19-9-14-22(17(3)16-19)30-25(27)5-2/h4-16H,1-2H2,3H3. The monoisotopic (exact) mass is 400 g/mol. The van der Waals surface area contributed by atoms with Crippen LogP contribution in [0.15, 0.2) is 84.3 Å². The summed E-state index contributed by atoms with van der Waals surface area (Å²) < 4.78 is 16.1. The number of rotatable bonds is 7. The van der Waals surface area contributed by atoms with Crippen molar-refractivity contribution >= 4 is 24.1 Å². The molecule has 0 aliphatic heterocycles. The first-order valence-electron chi connectivity index (χ1n) is 9.16. The molecule has 1 aromatic heterocycles. The minimum absolute atomic E-state index is 0.454. The summed E-state index contributed by atoms with van der Waals surface area (Å²) in [5.41, 5.74) is 2.61. The number of aryl methyl sites for hydroxylation is 1. The zero-order chi connectivity index (χ0) is 21.5. The van der Waals surface area contributed by atoms with Crippen LogP contribution in [0, 0.1) is 6.92 Å². The number of hydrogen-bond donors (Lipinski definition) is 0. The van der Waals surface area contributed by atoms with Gasteiger partial charge in [-0.25, -0.2) is 9.59 Å². The predicted octanol–water partition coefficient (Wildman–Crippen LogP) is 5.61. The van der Waals surface area contributed by atoms with E-state index in [-0.39, 0.29) is 0 Å². The number of benzene rings is 2. The number of hydrogen-bond acceptors (Lipinski definition) is 5. The van der Waals surface area contributed by atoms with Crippen molar-refractivity contribution in [2.45, 2.75) is 6.92 Å². The Morgan fingerprint density at radius 1 is 0.867 bits per heavy atom. The average Bonchev–Trinajstić information content (AvgIpc) is 3.23. The van der Waals surface area contributed by atoms with Gasteiger partial charge in [0.2, 0.25) is 0 Å². The third-order valence-corrected chi connectivity index (χ3v) is 4.17. The van der Waals surface area contributed by atoms with E-state index in [4.69, 9.17) is 13.9 Å². The van der Waals surface area contributed by atoms with Crippen molar-refractivity contribution in [1.29, 1.82) is 0 Å². The van der Waals surface area contributed by atoms with E-state index in [0.717, 1.165) is 28.8 Å². The van der Waals surface area contributed by atoms with Gasteiger partial charge in [0.1, 0.15) is 23.0 Å². The molecule has 2 aromatic carbocycles. The Kier molecular flexibility index (Phi) is 6.45. The van der Waals surface area contributed by atoms with Gasteiger partial charge in [-0.1, -0.05) is 31.4 Å². The summed E-state index contributed by atoms with van der Waals surface area (Å²) in [6.45, 7) is 8.62. The van der Waals surface area contributed by atoms with Gasteiger partial charge in [0.15, 0.2) is 0 Å². The van der Waals surface area contributed by atoms with Crippen LogP contribution >= 0.6 is 0 Å². The van der Waals surface area contributed by atoms with Crippen molar-refractivity contribution < 1.29 is 23.5 Å². The fourth-order valence-corrected chi connectivity index (χ4v) is 2.65. The second-order valence-electron chi connectivity index (χ2n) is 6.34. The number of carbonyl (C=O) groups is 2. The van der Waals surface area contributed by atoms with Gasteiger partial charge in [-0.3, -0.25) is 0 Å². The Balaban J connectivity index is 1.69. The van der Waals surface area contributed by atoms with Crippen LogP contribution in [0.1, 0.15) is 16.9 Å². The molecule has 3 rings (SSSR count). The predicted molar refractivity (Wildman–Crippen MR) is 116 cm³/mol. The van der Waals surface area contributed by atoms with E-state index in [2.05, 4.69) is 13.2 Å². The highest BCUT2D eigenvalue weighted by Gasteiger charge is 2.08. The Morgan fingerprint density at radius 2 is 1.57 bits per heavy atom. The van der Waals surface area contributed by atoms with Crippen molar-refractivity contribution in [3.8, 4) is 22.8 Å². The van der Waals surface area contributed by atoms with Crippen molar-refractivity contribution in [3.05, 3.63) is 96.8 Å². The quantitative estimate of drug-likeness (QED) is 0.293. The molecule has 150 valence electrons. The van der Waals surface area contributed by atoms with Crippen LogP contribution in [0.25, 0.3) is 23.5 Å². The first kappa shape index (κ1) is 20.6. The lowest BCUT2D eigenvalue weighted by Gasteiger charge is -2.06. The van der Waals surface area contributed by atoms with Gasteiger partial charge in [0.25, 0.3) is 0 Å². The average molecular weight is 400 g/mol. The van der Waals surface area contributed by atoms with Gasteiger partial charge in [-0.15, -0.1) is 0 Å². The Bertz CT molecular complexity index is 1120. The van der Waals surface area contributed by atoms with Gasteiger partial charge in [0, 0.05) is 17.7 Å². The van der Waals surface area contributed by atoms with E-state index in [0.29, 0.717) is 23.0 Å². The molecule has 0 amide bonds. The molecule has 0 saturated heterocycles. The Labute approximate surface area is 174 Å². The molecule has 0 saturated carbocycles. The highest BCUT2D eigenvalue weighted by Crippen LogP contribution is 2.28. The summed E-state index contributed by atoms with van der Waals surface area (Å²) >= 11 is 0. The smallest absolute Gasteiger partial charge is 0.335 e. The number of esters is 2. The molecule has 0 atom stereocenters. The molecule has 5 heteroatoms. The number of furan rings is 1. The van der Waals surface area contributed by atoms with Crippen LogP contribution in [-0.4, -0.2) is 11.9 Å². The summed E-state index contributed by atoms with van der Waals surface area (Å²) in [6.07, 6.45) is 5.98. The van der Waals surface area contributed by atoms with Crippen molar-refractivity contribution in [3.63, 3.8) is 0 Å². The fraction of sp³-hybridized carbons (Fsp3) is 0.0400. The first-order valence-corrected chi connectivity index (χ1v) is 9.16. The summed E-state index contributed by atoms with van der Waals surface area (Å²) in [4.78, 5) is 22.6. The lowest BCUT2D eigenvalue weighted by atomic mass is 10.1. The second-order valence-corrected chi connectivity index (χ2v) is 6.34. The first-order chi connectivity index (χ1) is 14.5. The highest BCUT2D eigenvalue weighted by molar-refractivity contribution is 5.84. The van der Waals surface area contributed by atoms with E-state index in [1.165, 1.54) is 0 Å². The topological polar surface area (TPSA) is 65.7 Å². The molecule has 0 bridgehead atoms. The third kappa shape index (κ3) is 5.23. The number of ether oxygens (including phenoxy) is 2. The second kappa shape index (κ2) is 9.39. The minimum atomic E-state index is -0.497. The van der Waals surface area contributed by atoms with Gasteiger partial charge in [0.05, 0.1) is 0 Å². The van der Waals surface area contributed by atoms with Crippen LogP contribution in [-0.2, 0) is 9.59 Å². The van der Waals surface area contributed by atoms with Crippen molar-refractivity contribution in [2.75, 3.05) is 0 Å². The normalized spacial score (nSPS) is 10.6. The molecular formula is C25H20O5. The molecule has 3 aromatic rings. The maximum atomic E-state index is 11.4. The zero-order valence-electron chi connectivity index (χ0n) is 16.5. The summed E-state index contributed by atoms with van der Waals surface area (Å²) in [5, 5.41) is 0. The van der Waals surface area contributed by atoms with Crippen LogP contribution in [0.3, 0.4) is 0 Å². The van der Waals surface area contributed by atoms with E-state index >= 15 is 0 Å². The lowest BCUT2D eigenvalue weighted by Crippen LogP contribution is -2.04. The molecule has 0 fully saturated rings. The van der Waals surface area contributed by atoms with Gasteiger partial charge < -0.3 is 13.9 Å². The molecule has 30 heavy (non-hydrogen) atoms. The molecule has 1 heterocycles. The van der Waals surface area contributed by atoms with E-state index in [1.54, 1.807) is 18.2 Å². The van der Waals surface area contributed by atoms with Crippen LogP contribution in [0.2, 0.25) is 0 Å². The fourth-order valence-electron chi connectivity index (χ4n) is 2.65. The highest BCUT2D eigenvalue weighted by atomic mass is 16.5. The van der Waals surface area contributed by atoms with E-state index < -0.39 is 11.9 Å². The van der Waals surface area contributed by atoms with Crippen molar-refractivity contribution in [2.24, 2.45) is 0 Å². The van der Waals surface area contributed by atoms with Crippen LogP contribution < -0.4 is 9.47 Å². The van der Waals surface area contributed by atoms with E-state index in [1.807, 2.05) is 55.5 Å². The third-order valence-electron chi connectivity index (χ3n) is 4.17. The summed E-state index contributed by atoms with van der Waals surface area (Å²) in [5.74, 6) is 1.33. The molecule has 0 radical (unpaired) electrons. The zero-order valence-corrected chi connectivity index (χ0v) is 16.5. The molecule has 5 nitrogen and oxygen atoms in total. The Morgan fingerprint density at radius 3 is 2.23 bits per heavy atom. The Hall–Kier alpha value is -4.12. The van der Waals surface area contributed by atoms with E-state index in [9.17, 15) is 9.59 Å². The maximum absolute atomic E-state index is 11.4.